The SMILES string of the molecule is COc1cc(C)c2[nH]cc(C)c2c1CN1CCC2(CCCO2)CC1. The number of fused-ring (bicyclic) bond motifs is 1. The number of benzene rings is 1. The van der Waals surface area contributed by atoms with E-state index in [1.165, 1.54) is 40.4 Å². The Morgan fingerprint density at radius 2 is 2.00 bits per heavy atom. The third kappa shape index (κ3) is 2.62. The summed E-state index contributed by atoms with van der Waals surface area (Å²) in [5.41, 5.74) is 5.30. The highest BCUT2D eigenvalue weighted by molar-refractivity contribution is 5.91. The summed E-state index contributed by atoms with van der Waals surface area (Å²) < 4.78 is 11.8. The van der Waals surface area contributed by atoms with E-state index in [4.69, 9.17) is 9.47 Å². The number of rotatable bonds is 3. The van der Waals surface area contributed by atoms with Crippen molar-refractivity contribution in [2.75, 3.05) is 26.8 Å². The first kappa shape index (κ1) is 16.0. The molecule has 1 N–H and O–H groups in total. The smallest absolute Gasteiger partial charge is 0.124 e. The fourth-order valence-corrected chi connectivity index (χ4v) is 4.53. The zero-order chi connectivity index (χ0) is 16.7. The van der Waals surface area contributed by atoms with E-state index in [9.17, 15) is 0 Å². The lowest BCUT2D eigenvalue weighted by molar-refractivity contribution is -0.0447. The van der Waals surface area contributed by atoms with Crippen LogP contribution in [0.25, 0.3) is 10.9 Å². The van der Waals surface area contributed by atoms with Gasteiger partial charge in [0.05, 0.1) is 12.7 Å². The van der Waals surface area contributed by atoms with E-state index in [-0.39, 0.29) is 5.60 Å². The maximum absolute atomic E-state index is 6.06. The Labute approximate surface area is 144 Å². The van der Waals surface area contributed by atoms with E-state index in [2.05, 4.69) is 36.0 Å². The van der Waals surface area contributed by atoms with E-state index in [0.29, 0.717) is 0 Å². The first-order chi connectivity index (χ1) is 11.6. The summed E-state index contributed by atoms with van der Waals surface area (Å²) in [6.45, 7) is 8.46. The Balaban J connectivity index is 1.60. The van der Waals surface area contributed by atoms with Crippen LogP contribution in [-0.2, 0) is 11.3 Å². The zero-order valence-electron chi connectivity index (χ0n) is 15.1. The largest absolute Gasteiger partial charge is 0.496 e. The number of likely N-dealkylation sites (tertiary alicyclic amines) is 1. The summed E-state index contributed by atoms with van der Waals surface area (Å²) in [5.74, 6) is 1.01. The molecule has 0 radical (unpaired) electrons. The predicted octanol–water partition coefficient (Wildman–Crippen LogP) is 3.94. The number of H-pyrrole nitrogens is 1. The molecule has 0 unspecified atom stereocenters. The molecule has 2 aliphatic heterocycles. The molecule has 4 nitrogen and oxygen atoms in total. The fraction of sp³-hybridized carbons (Fsp3) is 0.600. The molecular weight excluding hydrogens is 300 g/mol. The van der Waals surface area contributed by atoms with Gasteiger partial charge in [0.2, 0.25) is 0 Å². The molecule has 0 saturated carbocycles. The minimum atomic E-state index is 0.188. The summed E-state index contributed by atoms with van der Waals surface area (Å²) in [5, 5.41) is 1.34. The maximum Gasteiger partial charge on any atom is 0.124 e. The van der Waals surface area contributed by atoms with Gasteiger partial charge in [0.1, 0.15) is 5.75 Å². The van der Waals surface area contributed by atoms with Gasteiger partial charge in [-0.3, -0.25) is 4.90 Å². The summed E-state index contributed by atoms with van der Waals surface area (Å²) in [6, 6.07) is 2.17. The molecular formula is C20H28N2O2. The molecule has 2 fully saturated rings. The van der Waals surface area contributed by atoms with Gasteiger partial charge in [-0.2, -0.15) is 0 Å². The number of aryl methyl sites for hydroxylation is 2. The number of ether oxygens (including phenoxy) is 2. The van der Waals surface area contributed by atoms with E-state index in [1.54, 1.807) is 7.11 Å². The van der Waals surface area contributed by atoms with Crippen LogP contribution in [0.5, 0.6) is 5.75 Å². The average molecular weight is 328 g/mol. The minimum absolute atomic E-state index is 0.188. The summed E-state index contributed by atoms with van der Waals surface area (Å²) >= 11 is 0. The summed E-state index contributed by atoms with van der Waals surface area (Å²) in [6.07, 6.45) is 6.91. The van der Waals surface area contributed by atoms with Gasteiger partial charge in [0.25, 0.3) is 0 Å². The van der Waals surface area contributed by atoms with Crippen LogP contribution in [0.2, 0.25) is 0 Å². The molecule has 2 aromatic rings. The predicted molar refractivity (Wildman–Crippen MR) is 96.8 cm³/mol. The van der Waals surface area contributed by atoms with Crippen molar-refractivity contribution in [3.8, 4) is 5.75 Å². The van der Waals surface area contributed by atoms with Crippen molar-refractivity contribution in [1.29, 1.82) is 0 Å². The van der Waals surface area contributed by atoms with Crippen molar-refractivity contribution in [2.45, 2.75) is 51.7 Å². The second-order valence-electron chi connectivity index (χ2n) is 7.51. The summed E-state index contributed by atoms with van der Waals surface area (Å²) in [7, 11) is 1.78. The second kappa shape index (κ2) is 6.08. The van der Waals surface area contributed by atoms with Crippen LogP contribution < -0.4 is 4.74 Å². The number of methoxy groups -OCH3 is 1. The van der Waals surface area contributed by atoms with Crippen molar-refractivity contribution in [2.24, 2.45) is 0 Å². The van der Waals surface area contributed by atoms with Gasteiger partial charge in [-0.05, 0) is 56.7 Å². The minimum Gasteiger partial charge on any atom is -0.496 e. The lowest BCUT2D eigenvalue weighted by Gasteiger charge is -2.38. The highest BCUT2D eigenvalue weighted by atomic mass is 16.5. The van der Waals surface area contributed by atoms with Crippen molar-refractivity contribution >= 4 is 10.9 Å². The molecule has 0 bridgehead atoms. The number of hydrogen-bond donors (Lipinski definition) is 1. The Morgan fingerprint density at radius 3 is 2.67 bits per heavy atom. The standard InChI is InChI=1S/C20H28N2O2/c1-14-11-17(23-3)16(18-15(2)12-21-19(14)18)13-22-8-6-20(7-9-22)5-4-10-24-20/h11-12,21H,4-10,13H2,1-3H3. The molecule has 0 aliphatic carbocycles. The summed E-state index contributed by atoms with van der Waals surface area (Å²) in [4.78, 5) is 5.99. The number of hydrogen-bond acceptors (Lipinski definition) is 3. The van der Waals surface area contributed by atoms with Crippen LogP contribution in [0.4, 0.5) is 0 Å². The normalized spacial score (nSPS) is 21.0. The highest BCUT2D eigenvalue weighted by Gasteiger charge is 2.38. The quantitative estimate of drug-likeness (QED) is 0.927. The van der Waals surface area contributed by atoms with Crippen molar-refractivity contribution in [1.82, 2.24) is 9.88 Å². The molecule has 4 rings (SSSR count). The van der Waals surface area contributed by atoms with Gasteiger partial charge in [0.15, 0.2) is 0 Å². The molecule has 2 saturated heterocycles. The first-order valence-corrected chi connectivity index (χ1v) is 9.12. The molecule has 24 heavy (non-hydrogen) atoms. The van der Waals surface area contributed by atoms with Gasteiger partial charge in [-0.15, -0.1) is 0 Å². The molecule has 4 heteroatoms. The topological polar surface area (TPSA) is 37.5 Å². The van der Waals surface area contributed by atoms with Crippen LogP contribution >= 0.6 is 0 Å². The van der Waals surface area contributed by atoms with Gasteiger partial charge < -0.3 is 14.5 Å². The Morgan fingerprint density at radius 1 is 1.21 bits per heavy atom. The van der Waals surface area contributed by atoms with Crippen LogP contribution in [0, 0.1) is 13.8 Å². The molecule has 0 atom stereocenters. The van der Waals surface area contributed by atoms with Crippen molar-refractivity contribution in [3.63, 3.8) is 0 Å². The van der Waals surface area contributed by atoms with Gasteiger partial charge in [0, 0.05) is 48.9 Å². The van der Waals surface area contributed by atoms with Crippen molar-refractivity contribution in [3.05, 3.63) is 29.0 Å². The molecule has 130 valence electrons. The molecule has 2 aliphatic rings. The van der Waals surface area contributed by atoms with Crippen LogP contribution in [-0.4, -0.2) is 42.3 Å². The molecule has 1 spiro atoms. The van der Waals surface area contributed by atoms with Gasteiger partial charge >= 0.3 is 0 Å². The van der Waals surface area contributed by atoms with Crippen LogP contribution in [0.1, 0.15) is 42.4 Å². The molecule has 3 heterocycles. The molecule has 1 aromatic carbocycles. The first-order valence-electron chi connectivity index (χ1n) is 9.12. The lowest BCUT2D eigenvalue weighted by atomic mass is 9.88. The lowest BCUT2D eigenvalue weighted by Crippen LogP contribution is -2.43. The number of aromatic nitrogens is 1. The number of nitrogens with one attached hydrogen (secondary N) is 1. The molecule has 1 aromatic heterocycles. The highest BCUT2D eigenvalue weighted by Crippen LogP contribution is 2.38. The van der Waals surface area contributed by atoms with Gasteiger partial charge in [-0.1, -0.05) is 0 Å². The zero-order valence-corrected chi connectivity index (χ0v) is 15.1. The number of nitrogens with zero attached hydrogens (tertiary/aromatic N) is 1. The Hall–Kier alpha value is -1.52. The third-order valence-electron chi connectivity index (χ3n) is 5.97. The van der Waals surface area contributed by atoms with E-state index >= 15 is 0 Å². The van der Waals surface area contributed by atoms with E-state index in [1.807, 2.05) is 0 Å². The molecule has 0 amide bonds. The fourth-order valence-electron chi connectivity index (χ4n) is 4.53. The number of aromatic amines is 1. The Bertz CT molecular complexity index is 734. The average Bonchev–Trinajstić information content (AvgIpc) is 3.20. The van der Waals surface area contributed by atoms with Crippen LogP contribution in [0.3, 0.4) is 0 Å². The van der Waals surface area contributed by atoms with Gasteiger partial charge in [-0.25, -0.2) is 0 Å². The second-order valence-corrected chi connectivity index (χ2v) is 7.51. The van der Waals surface area contributed by atoms with E-state index in [0.717, 1.165) is 44.8 Å². The number of piperidine rings is 1. The van der Waals surface area contributed by atoms with Crippen LogP contribution in [0.15, 0.2) is 12.3 Å². The monoisotopic (exact) mass is 328 g/mol. The third-order valence-corrected chi connectivity index (χ3v) is 5.97. The van der Waals surface area contributed by atoms with E-state index < -0.39 is 0 Å². The maximum atomic E-state index is 6.06. The Kier molecular flexibility index (Phi) is 4.05. The van der Waals surface area contributed by atoms with Crippen molar-refractivity contribution < 1.29 is 9.47 Å².